The van der Waals surface area contributed by atoms with Crippen LogP contribution >= 0.6 is 15.6 Å². The summed E-state index contributed by atoms with van der Waals surface area (Å²) in [6, 6.07) is 0. The molecule has 0 radical (unpaired) electrons. The lowest BCUT2D eigenvalue weighted by molar-refractivity contribution is -0.161. The molecule has 17 nitrogen and oxygen atoms in total. The molecule has 5 atom stereocenters. The first kappa shape index (κ1) is 96.1. The number of phosphoric acid groups is 2. The maximum Gasteiger partial charge on any atom is 0.472 e. The Morgan fingerprint density at radius 3 is 0.694 bits per heavy atom. The van der Waals surface area contributed by atoms with Gasteiger partial charge in [-0.25, -0.2) is 9.13 Å². The van der Waals surface area contributed by atoms with E-state index in [0.29, 0.717) is 25.7 Å². The standard InChI is InChI=1S/C79H154O17P2/c1-7-9-11-13-14-15-16-17-18-19-20-24-27-30-33-39-44-50-56-62-77(82)90-68-75(96-79(84)63-57-51-45-40-34-31-28-25-22-21-23-26-29-32-37-42-48-53-59-71(3)4)70-94-98(87,88)92-66-73(80)65-91-97(85,86)93-69-74(67-89-76(81)61-55-47-12-10-8-2)95-78(83)64-58-52-46-41-36-35-38-43-49-54-60-72(5)6/h71-75,80H,7-70H2,1-6H3,(H,85,86)(H,87,88)/t73-,74+,75+/m0/s1. The van der Waals surface area contributed by atoms with Crippen molar-refractivity contribution in [1.29, 1.82) is 0 Å². The van der Waals surface area contributed by atoms with Gasteiger partial charge in [0.2, 0.25) is 0 Å². The largest absolute Gasteiger partial charge is 0.472 e. The van der Waals surface area contributed by atoms with Crippen molar-refractivity contribution in [3.8, 4) is 0 Å². The summed E-state index contributed by atoms with van der Waals surface area (Å²) in [7, 11) is -9.90. The predicted octanol–water partition coefficient (Wildman–Crippen LogP) is 23.5. The van der Waals surface area contributed by atoms with Crippen molar-refractivity contribution in [2.45, 2.75) is 432 Å². The van der Waals surface area contributed by atoms with E-state index in [9.17, 15) is 43.2 Å². The first-order valence-corrected chi connectivity index (χ1v) is 44.0. The maximum absolute atomic E-state index is 13.1. The number of phosphoric ester groups is 2. The van der Waals surface area contributed by atoms with E-state index in [1.54, 1.807) is 0 Å². The second kappa shape index (κ2) is 70.7. The Bertz CT molecular complexity index is 1890. The van der Waals surface area contributed by atoms with Crippen LogP contribution in [0.5, 0.6) is 0 Å². The monoisotopic (exact) mass is 1440 g/mol. The van der Waals surface area contributed by atoms with E-state index in [1.807, 2.05) is 0 Å². The predicted molar refractivity (Wildman–Crippen MR) is 400 cm³/mol. The van der Waals surface area contributed by atoms with E-state index in [1.165, 1.54) is 225 Å². The number of esters is 4. The Morgan fingerprint density at radius 2 is 0.469 bits per heavy atom. The van der Waals surface area contributed by atoms with E-state index in [4.69, 9.17) is 37.0 Å². The third-order valence-electron chi connectivity index (χ3n) is 18.5. The Labute approximate surface area is 600 Å². The van der Waals surface area contributed by atoms with Gasteiger partial charge in [-0.15, -0.1) is 0 Å². The van der Waals surface area contributed by atoms with E-state index < -0.39 is 97.5 Å². The van der Waals surface area contributed by atoms with Gasteiger partial charge in [-0.3, -0.25) is 37.3 Å². The van der Waals surface area contributed by atoms with Crippen LogP contribution in [0.4, 0.5) is 0 Å². The molecule has 3 N–H and O–H groups in total. The molecule has 0 saturated heterocycles. The number of unbranched alkanes of at least 4 members (excludes halogenated alkanes) is 48. The topological polar surface area (TPSA) is 237 Å². The van der Waals surface area contributed by atoms with Crippen molar-refractivity contribution >= 4 is 39.5 Å². The van der Waals surface area contributed by atoms with Gasteiger partial charge in [-0.05, 0) is 37.5 Å². The highest BCUT2D eigenvalue weighted by Gasteiger charge is 2.30. The number of ether oxygens (including phenoxy) is 4. The number of hydrogen-bond donors (Lipinski definition) is 3. The molecule has 0 heterocycles. The maximum atomic E-state index is 13.1. The molecular formula is C79H154O17P2. The number of carbonyl (C=O) groups excluding carboxylic acids is 4. The molecule has 0 aromatic heterocycles. The van der Waals surface area contributed by atoms with Crippen LogP contribution in [0.25, 0.3) is 0 Å². The lowest BCUT2D eigenvalue weighted by atomic mass is 10.0. The third-order valence-corrected chi connectivity index (χ3v) is 20.4. The SMILES string of the molecule is CCCCCCCCCCCCCCCCCCCCCC(=O)OC[C@H](COP(=O)(O)OC[C@@H](O)COP(=O)(O)OC[C@@H](COC(=O)CCCCCCC)OC(=O)CCCCCCCCCCCCC(C)C)OC(=O)CCCCCCCCCCCCCCCCCCCCC(C)C. The first-order valence-electron chi connectivity index (χ1n) is 41.0. The first-order chi connectivity index (χ1) is 47.4. The molecule has 0 rings (SSSR count). The van der Waals surface area contributed by atoms with Crippen molar-refractivity contribution < 1.29 is 80.2 Å². The zero-order valence-electron chi connectivity index (χ0n) is 64.1. The molecule has 98 heavy (non-hydrogen) atoms. The molecular weight excluding hydrogens is 1280 g/mol. The van der Waals surface area contributed by atoms with Gasteiger partial charge in [-0.1, -0.05) is 363 Å². The fourth-order valence-corrected chi connectivity index (χ4v) is 13.8. The average Bonchev–Trinajstić information content (AvgIpc) is 1.09. The summed E-state index contributed by atoms with van der Waals surface area (Å²) in [5, 5.41) is 10.6. The molecule has 0 aliphatic heterocycles. The van der Waals surface area contributed by atoms with Crippen LogP contribution in [0.1, 0.15) is 414 Å². The number of carbonyl (C=O) groups is 4. The third kappa shape index (κ3) is 72.4. The fourth-order valence-electron chi connectivity index (χ4n) is 12.2. The van der Waals surface area contributed by atoms with Crippen molar-refractivity contribution in [2.24, 2.45) is 11.8 Å². The Hall–Kier alpha value is -1.94. The van der Waals surface area contributed by atoms with Crippen LogP contribution in [-0.4, -0.2) is 96.7 Å². The van der Waals surface area contributed by atoms with Gasteiger partial charge in [0.1, 0.15) is 19.3 Å². The van der Waals surface area contributed by atoms with Crippen molar-refractivity contribution in [1.82, 2.24) is 0 Å². The Morgan fingerprint density at radius 1 is 0.276 bits per heavy atom. The summed E-state index contributed by atoms with van der Waals surface area (Å²) < 4.78 is 68.4. The zero-order valence-corrected chi connectivity index (χ0v) is 65.9. The molecule has 19 heteroatoms. The van der Waals surface area contributed by atoms with Gasteiger partial charge >= 0.3 is 39.5 Å². The highest BCUT2D eigenvalue weighted by molar-refractivity contribution is 7.47. The molecule has 0 aromatic carbocycles. The summed E-state index contributed by atoms with van der Waals surface area (Å²) >= 11 is 0. The highest BCUT2D eigenvalue weighted by atomic mass is 31.2. The van der Waals surface area contributed by atoms with Gasteiger partial charge in [0.15, 0.2) is 12.2 Å². The summed E-state index contributed by atoms with van der Waals surface area (Å²) in [5.74, 6) is -0.551. The molecule has 0 fully saturated rings. The zero-order chi connectivity index (χ0) is 72.1. The molecule has 0 aliphatic rings. The normalized spacial score (nSPS) is 13.9. The minimum Gasteiger partial charge on any atom is -0.462 e. The van der Waals surface area contributed by atoms with Crippen molar-refractivity contribution in [2.75, 3.05) is 39.6 Å². The van der Waals surface area contributed by atoms with Crippen LogP contribution in [0.15, 0.2) is 0 Å². The molecule has 0 spiro atoms. The number of aliphatic hydroxyl groups is 1. The van der Waals surface area contributed by atoms with Gasteiger partial charge in [-0.2, -0.15) is 0 Å². The van der Waals surface area contributed by atoms with Crippen LogP contribution in [0, 0.1) is 11.8 Å². The second-order valence-electron chi connectivity index (χ2n) is 29.4. The van der Waals surface area contributed by atoms with Crippen LogP contribution in [0.3, 0.4) is 0 Å². The van der Waals surface area contributed by atoms with Gasteiger partial charge < -0.3 is 33.8 Å². The molecule has 0 bridgehead atoms. The number of rotatable bonds is 78. The van der Waals surface area contributed by atoms with E-state index in [-0.39, 0.29) is 25.7 Å². The lowest BCUT2D eigenvalue weighted by Gasteiger charge is -2.21. The molecule has 582 valence electrons. The van der Waals surface area contributed by atoms with E-state index in [0.717, 1.165) is 108 Å². The summed E-state index contributed by atoms with van der Waals surface area (Å²) in [4.78, 5) is 72.6. The van der Waals surface area contributed by atoms with Gasteiger partial charge in [0.25, 0.3) is 0 Å². The quantitative estimate of drug-likeness (QED) is 0.0222. The second-order valence-corrected chi connectivity index (χ2v) is 32.3. The summed E-state index contributed by atoms with van der Waals surface area (Å²) in [6.07, 6.45) is 60.3. The van der Waals surface area contributed by atoms with Crippen LogP contribution in [-0.2, 0) is 65.4 Å². The molecule has 0 aromatic rings. The van der Waals surface area contributed by atoms with E-state index >= 15 is 0 Å². The number of hydrogen-bond acceptors (Lipinski definition) is 15. The molecule has 0 amide bonds. The van der Waals surface area contributed by atoms with Crippen LogP contribution in [0.2, 0.25) is 0 Å². The summed E-state index contributed by atoms with van der Waals surface area (Å²) in [6.45, 7) is 9.55. The van der Waals surface area contributed by atoms with Gasteiger partial charge in [0, 0.05) is 25.7 Å². The summed E-state index contributed by atoms with van der Waals surface area (Å²) in [5.41, 5.74) is 0. The van der Waals surface area contributed by atoms with Crippen molar-refractivity contribution in [3.63, 3.8) is 0 Å². The van der Waals surface area contributed by atoms with E-state index in [2.05, 4.69) is 41.5 Å². The Kier molecular flexibility index (Phi) is 69.3. The number of aliphatic hydroxyl groups excluding tert-OH is 1. The minimum atomic E-state index is -4.96. The average molecular weight is 1440 g/mol. The molecule has 0 saturated carbocycles. The molecule has 2 unspecified atom stereocenters. The molecule has 0 aliphatic carbocycles. The van der Waals surface area contributed by atoms with Gasteiger partial charge in [0.05, 0.1) is 26.4 Å². The highest BCUT2D eigenvalue weighted by Crippen LogP contribution is 2.45. The van der Waals surface area contributed by atoms with Crippen LogP contribution < -0.4 is 0 Å². The minimum absolute atomic E-state index is 0.105. The Balaban J connectivity index is 5.12. The smallest absolute Gasteiger partial charge is 0.462 e. The fraction of sp³-hybridized carbons (Fsp3) is 0.949. The lowest BCUT2D eigenvalue weighted by Crippen LogP contribution is -2.30. The van der Waals surface area contributed by atoms with Crippen molar-refractivity contribution in [3.05, 3.63) is 0 Å².